The van der Waals surface area contributed by atoms with E-state index < -0.39 is 15.9 Å². The predicted molar refractivity (Wildman–Crippen MR) is 109 cm³/mol. The van der Waals surface area contributed by atoms with Crippen molar-refractivity contribution in [2.75, 3.05) is 22.4 Å². The maximum atomic E-state index is 12.6. The minimum absolute atomic E-state index is 0.0505. The Morgan fingerprint density at radius 3 is 2.44 bits per heavy atom. The van der Waals surface area contributed by atoms with Gasteiger partial charge in [0, 0.05) is 0 Å². The van der Waals surface area contributed by atoms with E-state index in [1.165, 1.54) is 0 Å². The molecule has 0 radical (unpaired) electrons. The van der Waals surface area contributed by atoms with E-state index in [9.17, 15) is 13.2 Å². The molecule has 27 heavy (non-hydrogen) atoms. The van der Waals surface area contributed by atoms with E-state index in [-0.39, 0.29) is 12.6 Å². The van der Waals surface area contributed by atoms with Gasteiger partial charge in [0.2, 0.25) is 15.9 Å². The van der Waals surface area contributed by atoms with Gasteiger partial charge in [-0.3, -0.25) is 9.10 Å². The Hall–Kier alpha value is -2.54. The predicted octanol–water partition coefficient (Wildman–Crippen LogP) is 3.50. The maximum absolute atomic E-state index is 12.6. The molecule has 0 fully saturated rings. The number of benzene rings is 2. The van der Waals surface area contributed by atoms with Crippen molar-refractivity contribution in [2.24, 2.45) is 0 Å². The lowest BCUT2D eigenvalue weighted by Crippen LogP contribution is -2.38. The molecule has 146 valence electrons. The van der Waals surface area contributed by atoms with E-state index in [1.54, 1.807) is 24.3 Å². The molecule has 0 spiro atoms. The Morgan fingerprint density at radius 1 is 1.15 bits per heavy atom. The molecule has 6 nitrogen and oxygen atoms in total. The van der Waals surface area contributed by atoms with Crippen molar-refractivity contribution < 1.29 is 17.9 Å². The zero-order valence-electron chi connectivity index (χ0n) is 16.3. The smallest absolute Gasteiger partial charge is 0.245 e. The van der Waals surface area contributed by atoms with E-state index >= 15 is 0 Å². The average molecular weight is 391 g/mol. The second-order valence-corrected chi connectivity index (χ2v) is 8.68. The summed E-state index contributed by atoms with van der Waals surface area (Å²) >= 11 is 0. The lowest BCUT2D eigenvalue weighted by Gasteiger charge is -2.24. The van der Waals surface area contributed by atoms with Crippen LogP contribution in [0.25, 0.3) is 0 Å². The third-order valence-electron chi connectivity index (χ3n) is 3.84. The second-order valence-electron chi connectivity index (χ2n) is 6.77. The maximum Gasteiger partial charge on any atom is 0.245 e. The van der Waals surface area contributed by atoms with Gasteiger partial charge in [-0.1, -0.05) is 24.3 Å². The van der Waals surface area contributed by atoms with Gasteiger partial charge >= 0.3 is 0 Å². The lowest BCUT2D eigenvalue weighted by molar-refractivity contribution is -0.114. The van der Waals surface area contributed by atoms with Gasteiger partial charge in [-0.2, -0.15) is 0 Å². The summed E-state index contributed by atoms with van der Waals surface area (Å²) in [5.41, 5.74) is 2.70. The van der Waals surface area contributed by atoms with Crippen LogP contribution in [0.2, 0.25) is 0 Å². The van der Waals surface area contributed by atoms with Crippen molar-refractivity contribution >= 4 is 27.3 Å². The van der Waals surface area contributed by atoms with Crippen LogP contribution in [-0.4, -0.2) is 33.2 Å². The van der Waals surface area contributed by atoms with Crippen LogP contribution in [0.15, 0.2) is 42.5 Å². The van der Waals surface area contributed by atoms with Gasteiger partial charge in [-0.15, -0.1) is 0 Å². The zero-order valence-corrected chi connectivity index (χ0v) is 17.1. The standard InChI is InChI=1S/C20H26N2O4S/c1-14(2)26-19-9-7-6-8-17(19)21-20(23)13-22(27(5,24)25)18-12-15(3)10-11-16(18)4/h6-12,14H,13H2,1-5H3,(H,21,23). The van der Waals surface area contributed by atoms with Gasteiger partial charge in [0.25, 0.3) is 0 Å². The van der Waals surface area contributed by atoms with Crippen molar-refractivity contribution in [2.45, 2.75) is 33.8 Å². The molecule has 0 aliphatic carbocycles. The van der Waals surface area contributed by atoms with Crippen LogP contribution in [0.3, 0.4) is 0 Å². The number of rotatable bonds is 7. The van der Waals surface area contributed by atoms with Crippen molar-refractivity contribution in [3.05, 3.63) is 53.6 Å². The first-order valence-corrected chi connectivity index (χ1v) is 10.5. The van der Waals surface area contributed by atoms with Crippen LogP contribution < -0.4 is 14.4 Å². The fourth-order valence-electron chi connectivity index (χ4n) is 2.62. The van der Waals surface area contributed by atoms with Crippen molar-refractivity contribution in [1.82, 2.24) is 0 Å². The molecule has 0 saturated carbocycles. The number of hydrogen-bond acceptors (Lipinski definition) is 4. The highest BCUT2D eigenvalue weighted by Crippen LogP contribution is 2.26. The number of aryl methyl sites for hydroxylation is 2. The molecular weight excluding hydrogens is 364 g/mol. The Morgan fingerprint density at radius 2 is 1.81 bits per heavy atom. The van der Waals surface area contributed by atoms with Crippen molar-refractivity contribution in [3.8, 4) is 5.75 Å². The summed E-state index contributed by atoms with van der Waals surface area (Å²) in [5, 5.41) is 2.75. The third kappa shape index (κ3) is 5.72. The molecule has 2 aromatic rings. The molecule has 0 unspecified atom stereocenters. The molecular formula is C20H26N2O4S. The van der Waals surface area contributed by atoms with Gasteiger partial charge < -0.3 is 10.1 Å². The van der Waals surface area contributed by atoms with Crippen LogP contribution in [0.4, 0.5) is 11.4 Å². The molecule has 0 aromatic heterocycles. The molecule has 1 N–H and O–H groups in total. The molecule has 0 saturated heterocycles. The molecule has 2 aromatic carbocycles. The number of hydrogen-bond donors (Lipinski definition) is 1. The number of nitrogens with one attached hydrogen (secondary N) is 1. The first kappa shape index (κ1) is 20.8. The van der Waals surface area contributed by atoms with Gasteiger partial charge in [0.1, 0.15) is 12.3 Å². The summed E-state index contributed by atoms with van der Waals surface area (Å²) in [6, 6.07) is 12.6. The monoisotopic (exact) mass is 390 g/mol. The van der Waals surface area contributed by atoms with Gasteiger partial charge in [-0.25, -0.2) is 8.42 Å². The number of sulfonamides is 1. The Labute approximate surface area is 161 Å². The topological polar surface area (TPSA) is 75.7 Å². The fourth-order valence-corrected chi connectivity index (χ4v) is 3.52. The van der Waals surface area contributed by atoms with Gasteiger partial charge in [-0.05, 0) is 57.0 Å². The summed E-state index contributed by atoms with van der Waals surface area (Å²) < 4.78 is 31.4. The molecule has 7 heteroatoms. The number of para-hydroxylation sites is 2. The normalized spacial score (nSPS) is 11.3. The summed E-state index contributed by atoms with van der Waals surface area (Å²) in [6.07, 6.45) is 1.04. The summed E-state index contributed by atoms with van der Waals surface area (Å²) in [5.74, 6) is 0.0969. The largest absolute Gasteiger partial charge is 0.489 e. The Kier molecular flexibility index (Phi) is 6.49. The van der Waals surface area contributed by atoms with Crippen LogP contribution in [0, 0.1) is 13.8 Å². The van der Waals surface area contributed by atoms with Gasteiger partial charge in [0.15, 0.2) is 0 Å². The zero-order chi connectivity index (χ0) is 20.2. The second kappa shape index (κ2) is 8.43. The first-order valence-electron chi connectivity index (χ1n) is 8.68. The van der Waals surface area contributed by atoms with E-state index in [0.29, 0.717) is 17.1 Å². The highest BCUT2D eigenvalue weighted by atomic mass is 32.2. The van der Waals surface area contributed by atoms with E-state index in [4.69, 9.17) is 4.74 Å². The molecule has 2 rings (SSSR count). The van der Waals surface area contributed by atoms with Crippen LogP contribution >= 0.6 is 0 Å². The SMILES string of the molecule is Cc1ccc(C)c(N(CC(=O)Nc2ccccc2OC(C)C)S(C)(=O)=O)c1. The molecule has 0 heterocycles. The number of carbonyl (C=O) groups excluding carboxylic acids is 1. The van der Waals surface area contributed by atoms with E-state index in [0.717, 1.165) is 21.7 Å². The number of ether oxygens (including phenoxy) is 1. The summed E-state index contributed by atoms with van der Waals surface area (Å²) in [7, 11) is -3.63. The number of anilines is 2. The molecule has 0 aliphatic rings. The number of carbonyl (C=O) groups is 1. The molecule has 0 atom stereocenters. The fraction of sp³-hybridized carbons (Fsp3) is 0.350. The number of amides is 1. The quantitative estimate of drug-likeness (QED) is 0.785. The lowest BCUT2D eigenvalue weighted by atomic mass is 10.1. The highest BCUT2D eigenvalue weighted by molar-refractivity contribution is 7.92. The van der Waals surface area contributed by atoms with Crippen molar-refractivity contribution in [1.29, 1.82) is 0 Å². The minimum atomic E-state index is -3.63. The van der Waals surface area contributed by atoms with E-state index in [2.05, 4.69) is 5.32 Å². The summed E-state index contributed by atoms with van der Waals surface area (Å²) in [4.78, 5) is 12.6. The summed E-state index contributed by atoms with van der Waals surface area (Å²) in [6.45, 7) is 7.16. The third-order valence-corrected chi connectivity index (χ3v) is 4.97. The van der Waals surface area contributed by atoms with Crippen LogP contribution in [0.1, 0.15) is 25.0 Å². The molecule has 1 amide bonds. The van der Waals surface area contributed by atoms with Gasteiger partial charge in [0.05, 0.1) is 23.7 Å². The first-order chi connectivity index (χ1) is 12.6. The Bertz CT molecular complexity index is 923. The van der Waals surface area contributed by atoms with Crippen LogP contribution in [-0.2, 0) is 14.8 Å². The molecule has 0 aliphatic heterocycles. The number of nitrogens with zero attached hydrogens (tertiary/aromatic N) is 1. The van der Waals surface area contributed by atoms with Crippen LogP contribution in [0.5, 0.6) is 5.75 Å². The van der Waals surface area contributed by atoms with E-state index in [1.807, 2.05) is 45.9 Å². The average Bonchev–Trinajstić information content (AvgIpc) is 2.55. The van der Waals surface area contributed by atoms with Crippen molar-refractivity contribution in [3.63, 3.8) is 0 Å². The highest BCUT2D eigenvalue weighted by Gasteiger charge is 2.23. The minimum Gasteiger partial charge on any atom is -0.489 e. The molecule has 0 bridgehead atoms. The Balaban J connectivity index is 2.27.